The highest BCUT2D eigenvalue weighted by molar-refractivity contribution is 5.83. The number of hydrogen-bond donors (Lipinski definition) is 2. The Hall–Kier alpha value is -2.84. The molecule has 1 aliphatic heterocycles. The highest BCUT2D eigenvalue weighted by Gasteiger charge is 2.40. The molecule has 2 aromatic carbocycles. The van der Waals surface area contributed by atoms with Crippen molar-refractivity contribution in [3.05, 3.63) is 41.2 Å². The van der Waals surface area contributed by atoms with Gasteiger partial charge in [-0.05, 0) is 56.0 Å². The molecule has 8 heteroatoms. The van der Waals surface area contributed by atoms with Gasteiger partial charge in [-0.2, -0.15) is 0 Å². The Kier molecular flexibility index (Phi) is 8.36. The summed E-state index contributed by atoms with van der Waals surface area (Å²) in [4.78, 5) is 12.2. The average molecular weight is 502 g/mol. The zero-order valence-electron chi connectivity index (χ0n) is 21.3. The first-order valence-corrected chi connectivity index (χ1v) is 12.7. The van der Waals surface area contributed by atoms with Crippen molar-refractivity contribution in [1.82, 2.24) is 0 Å². The molecule has 1 saturated carbocycles. The van der Waals surface area contributed by atoms with Crippen molar-refractivity contribution in [1.29, 1.82) is 0 Å². The second-order valence-corrected chi connectivity index (χ2v) is 9.54. The quantitative estimate of drug-likeness (QED) is 0.431. The summed E-state index contributed by atoms with van der Waals surface area (Å²) in [5.41, 5.74) is 1.93. The van der Waals surface area contributed by atoms with Crippen molar-refractivity contribution in [2.24, 2.45) is 0 Å². The van der Waals surface area contributed by atoms with E-state index in [0.717, 1.165) is 31.2 Å². The van der Waals surface area contributed by atoms with E-state index >= 15 is 4.39 Å². The highest BCUT2D eigenvalue weighted by atomic mass is 19.1. The number of benzene rings is 2. The Labute approximate surface area is 211 Å². The Morgan fingerprint density at radius 2 is 1.92 bits per heavy atom. The summed E-state index contributed by atoms with van der Waals surface area (Å²) in [6, 6.07) is 7.18. The number of nitrogens with one attached hydrogen (secondary N) is 1. The van der Waals surface area contributed by atoms with Crippen molar-refractivity contribution in [3.8, 4) is 22.6 Å². The van der Waals surface area contributed by atoms with Crippen LogP contribution in [0.4, 0.5) is 10.1 Å². The first-order valence-electron chi connectivity index (χ1n) is 12.7. The van der Waals surface area contributed by atoms with Crippen molar-refractivity contribution in [2.45, 2.75) is 70.6 Å². The second kappa shape index (κ2) is 11.5. The van der Waals surface area contributed by atoms with E-state index in [1.807, 2.05) is 19.1 Å². The van der Waals surface area contributed by atoms with Crippen LogP contribution in [0.3, 0.4) is 0 Å². The van der Waals surface area contributed by atoms with Crippen LogP contribution in [0.15, 0.2) is 24.3 Å². The van der Waals surface area contributed by atoms with Gasteiger partial charge in [0.2, 0.25) is 0 Å². The summed E-state index contributed by atoms with van der Waals surface area (Å²) in [5.74, 6) is -0.669. The minimum atomic E-state index is -1.11. The first-order chi connectivity index (χ1) is 17.4. The summed E-state index contributed by atoms with van der Waals surface area (Å²) < 4.78 is 38.5. The number of methoxy groups -OCH3 is 1. The monoisotopic (exact) mass is 501 g/mol. The van der Waals surface area contributed by atoms with Crippen molar-refractivity contribution in [2.75, 3.05) is 32.2 Å². The number of rotatable bonds is 10. The van der Waals surface area contributed by atoms with Crippen LogP contribution in [0.5, 0.6) is 11.5 Å². The van der Waals surface area contributed by atoms with E-state index in [1.54, 1.807) is 19.1 Å². The molecule has 2 N–H and O–H groups in total. The zero-order chi connectivity index (χ0) is 25.7. The van der Waals surface area contributed by atoms with Crippen LogP contribution >= 0.6 is 0 Å². The lowest BCUT2D eigenvalue weighted by molar-refractivity contribution is -0.145. The number of hydrogen-bond acceptors (Lipinski definition) is 6. The molecule has 0 bridgehead atoms. The number of carbonyl (C=O) groups is 1. The minimum Gasteiger partial charge on any atom is -0.493 e. The van der Waals surface area contributed by atoms with Crippen LogP contribution < -0.4 is 14.8 Å². The van der Waals surface area contributed by atoms with E-state index in [-0.39, 0.29) is 18.5 Å². The molecule has 0 atom stereocenters. The summed E-state index contributed by atoms with van der Waals surface area (Å²) >= 11 is 0. The number of carboxylic acid groups (broad SMARTS) is 1. The molecule has 4 rings (SSSR count). The van der Waals surface area contributed by atoms with Gasteiger partial charge in [-0.3, -0.25) is 0 Å². The molecule has 1 saturated heterocycles. The third kappa shape index (κ3) is 5.44. The maximum atomic E-state index is 15.7. The normalized spacial score (nSPS) is 17.7. The van der Waals surface area contributed by atoms with Crippen LogP contribution in [0, 0.1) is 12.7 Å². The predicted molar refractivity (Wildman–Crippen MR) is 135 cm³/mol. The fraction of sp³-hybridized carbons (Fsp3) is 0.536. The summed E-state index contributed by atoms with van der Waals surface area (Å²) in [6.07, 6.45) is 5.20. The van der Waals surface area contributed by atoms with Gasteiger partial charge in [0.25, 0.3) is 0 Å². The zero-order valence-corrected chi connectivity index (χ0v) is 21.3. The Morgan fingerprint density at radius 1 is 1.19 bits per heavy atom. The van der Waals surface area contributed by atoms with Gasteiger partial charge in [-0.15, -0.1) is 0 Å². The van der Waals surface area contributed by atoms with Gasteiger partial charge in [0.1, 0.15) is 11.3 Å². The number of carboxylic acids is 1. The smallest absolute Gasteiger partial charge is 0.329 e. The van der Waals surface area contributed by atoms with Crippen LogP contribution in [-0.2, 0) is 20.9 Å². The Balaban J connectivity index is 1.75. The molecule has 36 heavy (non-hydrogen) atoms. The van der Waals surface area contributed by atoms with E-state index in [0.29, 0.717) is 60.8 Å². The maximum absolute atomic E-state index is 15.7. The van der Waals surface area contributed by atoms with Crippen LogP contribution in [-0.4, -0.2) is 49.6 Å². The van der Waals surface area contributed by atoms with E-state index in [4.69, 9.17) is 18.9 Å². The molecule has 0 unspecified atom stereocenters. The van der Waals surface area contributed by atoms with Gasteiger partial charge >= 0.3 is 5.97 Å². The highest BCUT2D eigenvalue weighted by Crippen LogP contribution is 2.41. The van der Waals surface area contributed by atoms with E-state index < -0.39 is 17.3 Å². The second-order valence-electron chi connectivity index (χ2n) is 9.54. The van der Waals surface area contributed by atoms with Crippen LogP contribution in [0.1, 0.15) is 56.6 Å². The Bertz CT molecular complexity index is 1080. The SMILES string of the molecule is CCOc1cc(-c2ccc(NC3(C(=O)O)CCOCC3)cc2COC2CCCC2)c(F)c(OC)c1C. The Morgan fingerprint density at radius 3 is 2.56 bits per heavy atom. The molecule has 1 aliphatic carbocycles. The largest absolute Gasteiger partial charge is 0.493 e. The minimum absolute atomic E-state index is 0.146. The number of anilines is 1. The molecule has 7 nitrogen and oxygen atoms in total. The first kappa shape index (κ1) is 26.2. The third-order valence-corrected chi connectivity index (χ3v) is 7.24. The molecule has 0 spiro atoms. The summed E-state index contributed by atoms with van der Waals surface area (Å²) in [6.45, 7) is 5.14. The molecular weight excluding hydrogens is 465 g/mol. The van der Waals surface area contributed by atoms with Gasteiger partial charge in [0.05, 0.1) is 26.4 Å². The maximum Gasteiger partial charge on any atom is 0.329 e. The molecule has 0 aromatic heterocycles. The lowest BCUT2D eigenvalue weighted by Crippen LogP contribution is -2.50. The average Bonchev–Trinajstić information content (AvgIpc) is 3.39. The fourth-order valence-corrected chi connectivity index (χ4v) is 5.15. The number of aliphatic carboxylic acids is 1. The van der Waals surface area contributed by atoms with Crippen molar-refractivity contribution >= 4 is 11.7 Å². The van der Waals surface area contributed by atoms with Crippen molar-refractivity contribution in [3.63, 3.8) is 0 Å². The van der Waals surface area contributed by atoms with Gasteiger partial charge < -0.3 is 29.4 Å². The van der Waals surface area contributed by atoms with Gasteiger partial charge in [0.15, 0.2) is 11.6 Å². The molecular formula is C28H36FNO6. The standard InChI is InChI=1S/C28H36FNO6/c1-4-35-24-16-23(25(29)26(33-3)18(24)2)22-10-9-20(15-19(22)17-36-21-7-5-6-8-21)30-28(27(31)32)11-13-34-14-12-28/h9-10,15-16,21,30H,4-8,11-14,17H2,1-3H3,(H,31,32). The lowest BCUT2D eigenvalue weighted by atomic mass is 9.89. The molecule has 2 aromatic rings. The molecule has 2 fully saturated rings. The molecule has 0 radical (unpaired) electrons. The van der Waals surface area contributed by atoms with Gasteiger partial charge in [-0.25, -0.2) is 9.18 Å². The number of ether oxygens (including phenoxy) is 4. The van der Waals surface area contributed by atoms with E-state index in [9.17, 15) is 9.90 Å². The predicted octanol–water partition coefficient (Wildman–Crippen LogP) is 5.71. The van der Waals surface area contributed by atoms with Gasteiger partial charge in [-0.1, -0.05) is 18.9 Å². The lowest BCUT2D eigenvalue weighted by Gasteiger charge is -2.35. The van der Waals surface area contributed by atoms with E-state index in [1.165, 1.54) is 7.11 Å². The third-order valence-electron chi connectivity index (χ3n) is 7.24. The van der Waals surface area contributed by atoms with Gasteiger partial charge in [0, 0.05) is 42.9 Å². The number of halogens is 1. The summed E-state index contributed by atoms with van der Waals surface area (Å²) in [7, 11) is 1.45. The van der Waals surface area contributed by atoms with Crippen molar-refractivity contribution < 1.29 is 33.2 Å². The molecule has 2 aliphatic rings. The fourth-order valence-electron chi connectivity index (χ4n) is 5.15. The topological polar surface area (TPSA) is 86.3 Å². The van der Waals surface area contributed by atoms with E-state index in [2.05, 4.69) is 5.32 Å². The van der Waals surface area contributed by atoms with Crippen LogP contribution in [0.25, 0.3) is 11.1 Å². The summed E-state index contributed by atoms with van der Waals surface area (Å²) in [5, 5.41) is 13.2. The molecule has 196 valence electrons. The molecule has 0 amide bonds. The molecule has 1 heterocycles. The van der Waals surface area contributed by atoms with Crippen LogP contribution in [0.2, 0.25) is 0 Å².